The molecule has 3 aromatic carbocycles. The maximum Gasteiger partial charge on any atom is 0.416 e. The van der Waals surface area contributed by atoms with Crippen molar-refractivity contribution >= 4 is 33.7 Å². The Morgan fingerprint density at radius 2 is 1.64 bits per heavy atom. The Morgan fingerprint density at radius 3 is 2.39 bits per heavy atom. The van der Waals surface area contributed by atoms with Crippen molar-refractivity contribution in [2.24, 2.45) is 0 Å². The number of hydrogen-bond donors (Lipinski definition) is 1. The fraction of sp³-hybridized carbons (Fsp3) is 0.0435. The molecular formula is C23H12F3N3O4. The summed E-state index contributed by atoms with van der Waals surface area (Å²) < 4.78 is 48.8. The summed E-state index contributed by atoms with van der Waals surface area (Å²) in [5, 5.41) is 12.0. The lowest BCUT2D eigenvalue weighted by molar-refractivity contribution is -0.137. The van der Waals surface area contributed by atoms with E-state index in [2.05, 4.69) is 15.5 Å². The molecule has 0 atom stereocenters. The van der Waals surface area contributed by atoms with Gasteiger partial charge in [0.05, 0.1) is 5.56 Å². The average molecular weight is 451 g/mol. The summed E-state index contributed by atoms with van der Waals surface area (Å²) >= 11 is 0. The highest BCUT2D eigenvalue weighted by molar-refractivity contribution is 6.10. The number of hydrogen-bond acceptors (Lipinski definition) is 6. The number of nitrogens with zero attached hydrogens (tertiary/aromatic N) is 2. The molecule has 0 saturated heterocycles. The normalized spacial score (nSPS) is 11.7. The lowest BCUT2D eigenvalue weighted by atomic mass is 10.0. The fourth-order valence-electron chi connectivity index (χ4n) is 3.39. The molecule has 5 rings (SSSR count). The number of carbonyl (C=O) groups is 1. The van der Waals surface area contributed by atoms with E-state index in [-0.39, 0.29) is 23.0 Å². The Bertz CT molecular complexity index is 1570. The third-order valence-electron chi connectivity index (χ3n) is 4.99. The third kappa shape index (κ3) is 3.82. The minimum absolute atomic E-state index is 0.101. The van der Waals surface area contributed by atoms with Gasteiger partial charge in [-0.3, -0.25) is 10.1 Å². The van der Waals surface area contributed by atoms with Crippen molar-refractivity contribution in [2.75, 3.05) is 5.32 Å². The first-order valence-corrected chi connectivity index (χ1v) is 9.58. The van der Waals surface area contributed by atoms with Crippen LogP contribution in [0.25, 0.3) is 33.2 Å². The van der Waals surface area contributed by atoms with E-state index >= 15 is 0 Å². The van der Waals surface area contributed by atoms with Gasteiger partial charge in [-0.05, 0) is 47.2 Å². The molecule has 0 aliphatic carbocycles. The van der Waals surface area contributed by atoms with Crippen molar-refractivity contribution in [1.82, 2.24) is 10.2 Å². The zero-order valence-corrected chi connectivity index (χ0v) is 16.5. The lowest BCUT2D eigenvalue weighted by Gasteiger charge is -2.06. The number of amides is 1. The van der Waals surface area contributed by atoms with Gasteiger partial charge in [-0.1, -0.05) is 35.4 Å². The molecule has 5 aromatic rings. The molecule has 0 saturated carbocycles. The molecule has 0 fully saturated rings. The van der Waals surface area contributed by atoms with Crippen LogP contribution in [0.3, 0.4) is 0 Å². The van der Waals surface area contributed by atoms with E-state index < -0.39 is 23.3 Å². The van der Waals surface area contributed by atoms with Crippen LogP contribution in [0.15, 0.2) is 80.4 Å². The molecule has 164 valence electrons. The second kappa shape index (κ2) is 7.59. The molecule has 1 amide bonds. The lowest BCUT2D eigenvalue weighted by Crippen LogP contribution is -2.20. The first-order valence-electron chi connectivity index (χ1n) is 9.58. The second-order valence-electron chi connectivity index (χ2n) is 7.09. The molecule has 0 aliphatic rings. The van der Waals surface area contributed by atoms with E-state index in [1.165, 1.54) is 18.2 Å². The average Bonchev–Trinajstić information content (AvgIpc) is 3.26. The zero-order valence-electron chi connectivity index (χ0n) is 16.5. The zero-order chi connectivity index (χ0) is 23.2. The molecule has 10 heteroatoms. The van der Waals surface area contributed by atoms with Gasteiger partial charge in [-0.15, -0.1) is 5.10 Å². The number of alkyl halides is 3. The number of fused-ring (bicyclic) bond motifs is 3. The van der Waals surface area contributed by atoms with Gasteiger partial charge >= 0.3 is 17.8 Å². The van der Waals surface area contributed by atoms with Crippen molar-refractivity contribution in [3.05, 3.63) is 88.3 Å². The van der Waals surface area contributed by atoms with Gasteiger partial charge in [-0.25, -0.2) is 4.79 Å². The summed E-state index contributed by atoms with van der Waals surface area (Å²) in [7, 11) is 0. The summed E-state index contributed by atoms with van der Waals surface area (Å²) in [4.78, 5) is 25.0. The summed E-state index contributed by atoms with van der Waals surface area (Å²) in [6.07, 6.45) is -4.47. The number of aromatic nitrogens is 2. The topological polar surface area (TPSA) is 98.2 Å². The summed E-state index contributed by atoms with van der Waals surface area (Å²) in [5.41, 5.74) is -1.38. The Kier molecular flexibility index (Phi) is 4.70. The van der Waals surface area contributed by atoms with E-state index in [1.54, 1.807) is 6.07 Å². The van der Waals surface area contributed by atoms with Gasteiger partial charge < -0.3 is 8.83 Å². The Hall–Kier alpha value is -4.47. The highest BCUT2D eigenvalue weighted by atomic mass is 19.4. The SMILES string of the molecule is O=C(Nc1nnc(-c2ccc(C(F)(F)F)cc2)o1)c1cc2c(ccc3ccccc32)oc1=O. The number of carbonyl (C=O) groups excluding carboxylic acids is 1. The van der Waals surface area contributed by atoms with Crippen molar-refractivity contribution in [2.45, 2.75) is 6.18 Å². The molecule has 7 nitrogen and oxygen atoms in total. The maximum atomic E-state index is 12.7. The van der Waals surface area contributed by atoms with Gasteiger partial charge in [0, 0.05) is 10.9 Å². The summed E-state index contributed by atoms with van der Waals surface area (Å²) in [6, 6.07) is 16.1. The Balaban J connectivity index is 1.43. The highest BCUT2D eigenvalue weighted by Crippen LogP contribution is 2.31. The van der Waals surface area contributed by atoms with E-state index in [0.717, 1.165) is 22.9 Å². The first kappa shape index (κ1) is 20.4. The van der Waals surface area contributed by atoms with E-state index in [9.17, 15) is 22.8 Å². The van der Waals surface area contributed by atoms with Gasteiger partial charge in [0.1, 0.15) is 11.1 Å². The molecule has 0 spiro atoms. The smallest absolute Gasteiger partial charge is 0.416 e. The highest BCUT2D eigenvalue weighted by Gasteiger charge is 2.30. The van der Waals surface area contributed by atoms with E-state index in [4.69, 9.17) is 8.83 Å². The molecule has 0 unspecified atom stereocenters. The Labute approximate surface area is 182 Å². The molecule has 1 N–H and O–H groups in total. The molecule has 0 aliphatic heterocycles. The molecule has 0 radical (unpaired) electrons. The van der Waals surface area contributed by atoms with Gasteiger partial charge in [-0.2, -0.15) is 13.2 Å². The monoisotopic (exact) mass is 451 g/mol. The third-order valence-corrected chi connectivity index (χ3v) is 4.99. The van der Waals surface area contributed by atoms with Crippen LogP contribution in [0.4, 0.5) is 19.2 Å². The number of nitrogens with one attached hydrogen (secondary N) is 1. The molecule has 2 heterocycles. The number of halogens is 3. The van der Waals surface area contributed by atoms with Crippen LogP contribution in [0.2, 0.25) is 0 Å². The van der Waals surface area contributed by atoms with Crippen molar-refractivity contribution in [1.29, 1.82) is 0 Å². The maximum absolute atomic E-state index is 12.7. The summed E-state index contributed by atoms with van der Waals surface area (Å²) in [5.74, 6) is -0.934. The van der Waals surface area contributed by atoms with Crippen molar-refractivity contribution in [3.8, 4) is 11.5 Å². The minimum atomic E-state index is -4.47. The van der Waals surface area contributed by atoms with Gasteiger partial charge in [0.2, 0.25) is 5.89 Å². The summed E-state index contributed by atoms with van der Waals surface area (Å²) in [6.45, 7) is 0. The molecule has 2 aromatic heterocycles. The predicted molar refractivity (Wildman–Crippen MR) is 113 cm³/mol. The second-order valence-corrected chi connectivity index (χ2v) is 7.09. The molecule has 33 heavy (non-hydrogen) atoms. The van der Waals surface area contributed by atoms with Gasteiger partial charge in [0.15, 0.2) is 0 Å². The minimum Gasteiger partial charge on any atom is -0.422 e. The number of rotatable bonds is 3. The van der Waals surface area contributed by atoms with Crippen LogP contribution < -0.4 is 10.9 Å². The van der Waals surface area contributed by atoms with E-state index in [0.29, 0.717) is 11.0 Å². The van der Waals surface area contributed by atoms with Crippen molar-refractivity contribution < 1.29 is 26.8 Å². The Morgan fingerprint density at radius 1 is 0.879 bits per heavy atom. The van der Waals surface area contributed by atoms with E-state index in [1.807, 2.05) is 30.3 Å². The molecule has 0 bridgehead atoms. The van der Waals surface area contributed by atoms with Crippen LogP contribution in [0.1, 0.15) is 15.9 Å². The first-order chi connectivity index (χ1) is 15.8. The van der Waals surface area contributed by atoms with Crippen LogP contribution in [-0.2, 0) is 6.18 Å². The quantitative estimate of drug-likeness (QED) is 0.297. The number of benzene rings is 3. The standard InChI is InChI=1S/C23H12F3N3O4/c24-23(25,26)14-8-5-13(6-9-14)20-28-29-22(33-20)27-19(30)17-11-16-15-4-2-1-3-12(15)7-10-18(16)32-21(17)31/h1-11H,(H,27,29,30). The van der Waals surface area contributed by atoms with Crippen LogP contribution in [-0.4, -0.2) is 16.1 Å². The fourth-order valence-corrected chi connectivity index (χ4v) is 3.39. The van der Waals surface area contributed by atoms with Crippen LogP contribution in [0.5, 0.6) is 0 Å². The van der Waals surface area contributed by atoms with Crippen LogP contribution in [0, 0.1) is 0 Å². The van der Waals surface area contributed by atoms with Crippen molar-refractivity contribution in [3.63, 3.8) is 0 Å². The molecular weight excluding hydrogens is 439 g/mol. The van der Waals surface area contributed by atoms with Crippen LogP contribution >= 0.6 is 0 Å². The number of anilines is 1. The largest absolute Gasteiger partial charge is 0.422 e. The van der Waals surface area contributed by atoms with Gasteiger partial charge in [0.25, 0.3) is 5.91 Å². The predicted octanol–water partition coefficient (Wildman–Crippen LogP) is 5.27.